The summed E-state index contributed by atoms with van der Waals surface area (Å²) in [7, 11) is 1.73. The van der Waals surface area contributed by atoms with Crippen LogP contribution in [0.3, 0.4) is 0 Å². The Morgan fingerprint density at radius 2 is 1.55 bits per heavy atom. The lowest BCUT2D eigenvalue weighted by molar-refractivity contribution is -0.125. The number of hydrogen-bond acceptors (Lipinski definition) is 5. The molecule has 7 nitrogen and oxygen atoms in total. The summed E-state index contributed by atoms with van der Waals surface area (Å²) >= 11 is 0. The van der Waals surface area contributed by atoms with Crippen molar-refractivity contribution in [1.29, 1.82) is 0 Å². The lowest BCUT2D eigenvalue weighted by Crippen LogP contribution is -2.34. The molecular formula is C15H29N3O4. The topological polar surface area (TPSA) is 88.7 Å². The summed E-state index contributed by atoms with van der Waals surface area (Å²) in [6.07, 6.45) is 4.37. The van der Waals surface area contributed by atoms with Gasteiger partial charge in [-0.2, -0.15) is 0 Å². The van der Waals surface area contributed by atoms with Gasteiger partial charge in [0.2, 0.25) is 11.8 Å². The van der Waals surface area contributed by atoms with Crippen LogP contribution in [0, 0.1) is 5.92 Å². The van der Waals surface area contributed by atoms with Crippen LogP contribution in [0.1, 0.15) is 25.7 Å². The molecule has 0 unspecified atom stereocenters. The van der Waals surface area contributed by atoms with Crippen LogP contribution in [0.2, 0.25) is 0 Å². The molecule has 0 atom stereocenters. The van der Waals surface area contributed by atoms with Crippen LogP contribution in [0.4, 0.5) is 0 Å². The van der Waals surface area contributed by atoms with Crippen molar-refractivity contribution in [3.8, 4) is 0 Å². The molecule has 1 rings (SSSR count). The van der Waals surface area contributed by atoms with Crippen molar-refractivity contribution >= 4 is 11.8 Å². The fourth-order valence-corrected chi connectivity index (χ4v) is 2.39. The van der Waals surface area contributed by atoms with Gasteiger partial charge in [0.25, 0.3) is 0 Å². The van der Waals surface area contributed by atoms with E-state index in [0.717, 1.165) is 12.8 Å². The Kier molecular flexibility index (Phi) is 10.6. The zero-order chi connectivity index (χ0) is 16.0. The molecule has 2 amide bonds. The summed E-state index contributed by atoms with van der Waals surface area (Å²) in [4.78, 5) is 22.8. The van der Waals surface area contributed by atoms with Crippen LogP contribution >= 0.6 is 0 Å². The van der Waals surface area contributed by atoms with Gasteiger partial charge in [-0.3, -0.25) is 9.59 Å². The van der Waals surface area contributed by atoms with Gasteiger partial charge in [-0.15, -0.1) is 0 Å². The van der Waals surface area contributed by atoms with Crippen LogP contribution in [0.15, 0.2) is 0 Å². The quantitative estimate of drug-likeness (QED) is 0.429. The van der Waals surface area contributed by atoms with Gasteiger partial charge < -0.3 is 25.4 Å². The first-order valence-electron chi connectivity index (χ1n) is 8.08. The smallest absolute Gasteiger partial charge is 0.234 e. The summed E-state index contributed by atoms with van der Waals surface area (Å²) in [5.74, 6) is 0.330. The van der Waals surface area contributed by atoms with Gasteiger partial charge in [0.05, 0.1) is 33.0 Å². The number of ether oxygens (including phenoxy) is 2. The van der Waals surface area contributed by atoms with Gasteiger partial charge >= 0.3 is 0 Å². The van der Waals surface area contributed by atoms with Crippen LogP contribution in [0.5, 0.6) is 0 Å². The van der Waals surface area contributed by atoms with E-state index in [2.05, 4.69) is 16.0 Å². The van der Waals surface area contributed by atoms with E-state index in [1.807, 2.05) is 0 Å². The summed E-state index contributed by atoms with van der Waals surface area (Å²) in [5.41, 5.74) is 0. The Balaban J connectivity index is 1.80. The third-order valence-corrected chi connectivity index (χ3v) is 3.55. The highest BCUT2D eigenvalue weighted by Gasteiger charge is 2.21. The minimum Gasteiger partial charge on any atom is -0.377 e. The van der Waals surface area contributed by atoms with Crippen molar-refractivity contribution in [1.82, 2.24) is 16.0 Å². The summed E-state index contributed by atoms with van der Waals surface area (Å²) < 4.78 is 10.7. The predicted molar refractivity (Wildman–Crippen MR) is 83.5 cm³/mol. The molecule has 1 fully saturated rings. The molecule has 128 valence electrons. The maximum atomic E-state index is 11.7. The molecule has 0 saturated heterocycles. The van der Waals surface area contributed by atoms with Crippen LogP contribution in [0.25, 0.3) is 0 Å². The van der Waals surface area contributed by atoms with Crippen LogP contribution in [-0.2, 0) is 19.1 Å². The molecule has 1 aliphatic rings. The Hall–Kier alpha value is -1.18. The zero-order valence-electron chi connectivity index (χ0n) is 13.5. The van der Waals surface area contributed by atoms with E-state index in [9.17, 15) is 9.59 Å². The predicted octanol–water partition coefficient (Wildman–Crippen LogP) is -0.338. The Morgan fingerprint density at radius 1 is 0.955 bits per heavy atom. The molecule has 1 saturated carbocycles. The third kappa shape index (κ3) is 8.96. The molecule has 0 aliphatic heterocycles. The Labute approximate surface area is 132 Å². The van der Waals surface area contributed by atoms with Crippen LogP contribution < -0.4 is 16.0 Å². The average molecular weight is 315 g/mol. The highest BCUT2D eigenvalue weighted by Crippen LogP contribution is 2.24. The van der Waals surface area contributed by atoms with Gasteiger partial charge in [0, 0.05) is 19.0 Å². The second kappa shape index (κ2) is 12.4. The molecule has 0 aromatic heterocycles. The van der Waals surface area contributed by atoms with Crippen molar-refractivity contribution in [3.63, 3.8) is 0 Å². The molecule has 22 heavy (non-hydrogen) atoms. The van der Waals surface area contributed by atoms with E-state index in [-0.39, 0.29) is 17.7 Å². The van der Waals surface area contributed by atoms with Crippen molar-refractivity contribution in [2.45, 2.75) is 25.7 Å². The number of carbonyl (C=O) groups excluding carboxylic acids is 2. The van der Waals surface area contributed by atoms with E-state index in [4.69, 9.17) is 9.47 Å². The van der Waals surface area contributed by atoms with Gasteiger partial charge in [-0.1, -0.05) is 12.8 Å². The highest BCUT2D eigenvalue weighted by molar-refractivity contribution is 5.78. The second-order valence-corrected chi connectivity index (χ2v) is 5.38. The maximum absolute atomic E-state index is 11.7. The minimum atomic E-state index is -0.0413. The number of carbonyl (C=O) groups is 2. The number of nitrogens with one attached hydrogen (secondary N) is 3. The summed E-state index contributed by atoms with van der Waals surface area (Å²) in [5, 5.41) is 8.39. The normalized spacial score (nSPS) is 15.0. The molecule has 3 N–H and O–H groups in total. The van der Waals surface area contributed by atoms with E-state index in [1.165, 1.54) is 12.8 Å². The lowest BCUT2D eigenvalue weighted by atomic mass is 10.1. The molecule has 1 aliphatic carbocycles. The van der Waals surface area contributed by atoms with E-state index >= 15 is 0 Å². The fraction of sp³-hybridized carbons (Fsp3) is 0.867. The van der Waals surface area contributed by atoms with Crippen molar-refractivity contribution < 1.29 is 19.1 Å². The first-order chi connectivity index (χ1) is 10.7. The SMILES string of the molecule is CNCC(=O)NCCOCCOCCNC(=O)C1CCCC1. The number of hydrogen-bond donors (Lipinski definition) is 3. The first kappa shape index (κ1) is 18.9. The molecule has 0 heterocycles. The highest BCUT2D eigenvalue weighted by atomic mass is 16.5. The number of amides is 2. The van der Waals surface area contributed by atoms with Gasteiger partial charge in [-0.05, 0) is 19.9 Å². The molecule has 7 heteroatoms. The summed E-state index contributed by atoms with van der Waals surface area (Å²) in [6.45, 7) is 3.31. The fourth-order valence-electron chi connectivity index (χ4n) is 2.39. The maximum Gasteiger partial charge on any atom is 0.234 e. The molecule has 0 aromatic rings. The van der Waals surface area contributed by atoms with E-state index in [1.54, 1.807) is 7.05 Å². The van der Waals surface area contributed by atoms with Gasteiger partial charge in [0.15, 0.2) is 0 Å². The Morgan fingerprint density at radius 3 is 2.14 bits per heavy atom. The van der Waals surface area contributed by atoms with Gasteiger partial charge in [0.1, 0.15) is 0 Å². The standard InChI is InChI=1S/C15H29N3O4/c1-16-12-14(19)17-6-8-21-10-11-22-9-7-18-15(20)13-4-2-3-5-13/h13,16H,2-12H2,1H3,(H,17,19)(H,18,20). The Bertz CT molecular complexity index is 320. The van der Waals surface area contributed by atoms with Crippen molar-refractivity contribution in [2.75, 3.05) is 53.1 Å². The molecule has 0 aromatic carbocycles. The van der Waals surface area contributed by atoms with E-state index < -0.39 is 0 Å². The number of rotatable bonds is 12. The first-order valence-corrected chi connectivity index (χ1v) is 8.08. The largest absolute Gasteiger partial charge is 0.377 e. The minimum absolute atomic E-state index is 0.0413. The third-order valence-electron chi connectivity index (χ3n) is 3.55. The zero-order valence-corrected chi connectivity index (χ0v) is 13.5. The van der Waals surface area contributed by atoms with Gasteiger partial charge in [-0.25, -0.2) is 0 Å². The molecule has 0 spiro atoms. The van der Waals surface area contributed by atoms with E-state index in [0.29, 0.717) is 46.1 Å². The lowest BCUT2D eigenvalue weighted by Gasteiger charge is -2.10. The van der Waals surface area contributed by atoms with Crippen LogP contribution in [-0.4, -0.2) is 64.9 Å². The van der Waals surface area contributed by atoms with Crippen molar-refractivity contribution in [2.24, 2.45) is 5.92 Å². The molecule has 0 bridgehead atoms. The average Bonchev–Trinajstić information content (AvgIpc) is 3.03. The number of likely N-dealkylation sites (N-methyl/N-ethyl adjacent to an activating group) is 1. The summed E-state index contributed by atoms with van der Waals surface area (Å²) in [6, 6.07) is 0. The monoisotopic (exact) mass is 315 g/mol. The molecular weight excluding hydrogens is 286 g/mol. The second-order valence-electron chi connectivity index (χ2n) is 5.38. The molecule has 0 radical (unpaired) electrons. The van der Waals surface area contributed by atoms with Crippen molar-refractivity contribution in [3.05, 3.63) is 0 Å².